The van der Waals surface area contributed by atoms with Gasteiger partial charge in [0.15, 0.2) is 5.69 Å². The average molecular weight is 351 g/mol. The number of esters is 1. The molecule has 2 rings (SSSR count). The highest BCUT2D eigenvalue weighted by Crippen LogP contribution is 2.30. The molecule has 126 valence electrons. The first-order valence-electron chi connectivity index (χ1n) is 6.39. The van der Waals surface area contributed by atoms with Crippen LogP contribution in [0.5, 0.6) is 5.75 Å². The van der Waals surface area contributed by atoms with Crippen molar-refractivity contribution in [2.45, 2.75) is 4.90 Å². The summed E-state index contributed by atoms with van der Waals surface area (Å²) >= 11 is 0. The van der Waals surface area contributed by atoms with Crippen molar-refractivity contribution in [3.63, 3.8) is 0 Å². The van der Waals surface area contributed by atoms with E-state index in [0.717, 1.165) is 17.7 Å². The summed E-state index contributed by atoms with van der Waals surface area (Å²) < 4.78 is 43.5. The van der Waals surface area contributed by atoms with Crippen LogP contribution < -0.4 is 10.5 Å². The fourth-order valence-corrected chi connectivity index (χ4v) is 2.83. The van der Waals surface area contributed by atoms with E-state index in [1.54, 1.807) is 6.07 Å². The van der Waals surface area contributed by atoms with Gasteiger partial charge >= 0.3 is 5.97 Å². The molecule has 1 aromatic carbocycles. The van der Waals surface area contributed by atoms with E-state index in [0.29, 0.717) is 0 Å². The molecule has 0 fully saturated rings. The van der Waals surface area contributed by atoms with Crippen molar-refractivity contribution >= 4 is 21.8 Å². The monoisotopic (exact) mass is 351 g/mol. The second kappa shape index (κ2) is 6.23. The van der Waals surface area contributed by atoms with Gasteiger partial charge in [0.25, 0.3) is 10.1 Å². The Balaban J connectivity index is 2.87. The lowest BCUT2D eigenvalue weighted by atomic mass is 10.2. The molecule has 0 unspecified atom stereocenters. The third-order valence-electron chi connectivity index (χ3n) is 3.25. The fraction of sp³-hybridized carbons (Fsp3) is 0.143. The van der Waals surface area contributed by atoms with Crippen molar-refractivity contribution in [1.29, 1.82) is 5.26 Å². The van der Waals surface area contributed by atoms with Crippen molar-refractivity contribution in [1.82, 2.24) is 4.57 Å². The van der Waals surface area contributed by atoms with Gasteiger partial charge in [0, 0.05) is 12.3 Å². The molecule has 0 radical (unpaired) electrons. The molecule has 0 aliphatic rings. The minimum absolute atomic E-state index is 0.0486. The van der Waals surface area contributed by atoms with E-state index in [4.69, 9.17) is 15.7 Å². The summed E-state index contributed by atoms with van der Waals surface area (Å²) in [6.45, 7) is 0. The second-order valence-electron chi connectivity index (χ2n) is 4.59. The number of rotatable bonds is 4. The van der Waals surface area contributed by atoms with Crippen molar-refractivity contribution in [3.8, 4) is 17.5 Å². The number of ether oxygens (including phenoxy) is 2. The number of benzene rings is 1. The molecule has 0 amide bonds. The van der Waals surface area contributed by atoms with Gasteiger partial charge in [-0.05, 0) is 12.1 Å². The average Bonchev–Trinajstić information content (AvgIpc) is 2.89. The van der Waals surface area contributed by atoms with Crippen molar-refractivity contribution < 1.29 is 27.2 Å². The topological polar surface area (TPSA) is 145 Å². The van der Waals surface area contributed by atoms with Crippen LogP contribution in [0, 0.1) is 11.3 Å². The van der Waals surface area contributed by atoms with E-state index in [9.17, 15) is 17.8 Å². The van der Waals surface area contributed by atoms with E-state index in [2.05, 4.69) is 4.74 Å². The van der Waals surface area contributed by atoms with E-state index in [-0.39, 0.29) is 28.4 Å². The van der Waals surface area contributed by atoms with Crippen LogP contribution in [0.25, 0.3) is 5.69 Å². The van der Waals surface area contributed by atoms with Crippen LogP contribution >= 0.6 is 0 Å². The Hall–Kier alpha value is -3.03. The maximum atomic E-state index is 12.0. The van der Waals surface area contributed by atoms with Crippen LogP contribution in [0.3, 0.4) is 0 Å². The SMILES string of the molecule is COC(=O)c1c(N)c(C#N)cn1-c1ccc(OC)cc1S(=O)(=O)O. The standard InChI is InChI=1S/C14H13N3O6S/c1-22-9-3-4-10(11(5-9)24(19,20)21)17-7-8(6-15)12(16)13(17)14(18)23-2/h3-5,7H,16H2,1-2H3,(H,19,20,21). The maximum Gasteiger partial charge on any atom is 0.357 e. The van der Waals surface area contributed by atoms with E-state index in [1.807, 2.05) is 0 Å². The number of nitrogens with zero attached hydrogens (tertiary/aromatic N) is 2. The quantitative estimate of drug-likeness (QED) is 0.612. The molecule has 1 heterocycles. The highest BCUT2D eigenvalue weighted by molar-refractivity contribution is 7.86. The Labute approximate surface area is 137 Å². The van der Waals surface area contributed by atoms with Crippen molar-refractivity contribution in [2.75, 3.05) is 20.0 Å². The Kier molecular flexibility index (Phi) is 4.50. The number of nitrogens with two attached hydrogens (primary N) is 1. The molecule has 0 bridgehead atoms. The van der Waals surface area contributed by atoms with Crippen LogP contribution in [0.1, 0.15) is 16.1 Å². The van der Waals surface area contributed by atoms with E-state index >= 15 is 0 Å². The minimum Gasteiger partial charge on any atom is -0.497 e. The van der Waals surface area contributed by atoms with Gasteiger partial charge in [-0.15, -0.1) is 0 Å². The molecule has 0 saturated heterocycles. The predicted molar refractivity (Wildman–Crippen MR) is 82.6 cm³/mol. The number of hydrogen-bond donors (Lipinski definition) is 2. The van der Waals surface area contributed by atoms with Crippen LogP contribution in [0.15, 0.2) is 29.3 Å². The smallest absolute Gasteiger partial charge is 0.357 e. The molecule has 1 aromatic heterocycles. The number of anilines is 1. The van der Waals surface area contributed by atoms with Gasteiger partial charge in [-0.1, -0.05) is 0 Å². The van der Waals surface area contributed by atoms with Gasteiger partial charge in [-0.3, -0.25) is 4.55 Å². The van der Waals surface area contributed by atoms with Crippen LogP contribution in [-0.4, -0.2) is 37.7 Å². The largest absolute Gasteiger partial charge is 0.497 e. The lowest BCUT2D eigenvalue weighted by molar-refractivity contribution is 0.0593. The summed E-state index contributed by atoms with van der Waals surface area (Å²) in [6, 6.07) is 5.60. The predicted octanol–water partition coefficient (Wildman–Crippen LogP) is 0.973. The van der Waals surface area contributed by atoms with Crippen LogP contribution in [-0.2, 0) is 14.9 Å². The molecule has 0 saturated carbocycles. The lowest BCUT2D eigenvalue weighted by Crippen LogP contribution is -2.13. The summed E-state index contributed by atoms with van der Waals surface area (Å²) in [4.78, 5) is 11.5. The van der Waals surface area contributed by atoms with Gasteiger partial charge in [0.05, 0.1) is 31.2 Å². The zero-order chi connectivity index (χ0) is 18.1. The summed E-state index contributed by atoms with van der Waals surface area (Å²) in [6.07, 6.45) is 1.18. The van der Waals surface area contributed by atoms with Gasteiger partial charge in [0.1, 0.15) is 16.7 Å². The molecule has 0 atom stereocenters. The van der Waals surface area contributed by atoms with Gasteiger partial charge in [-0.2, -0.15) is 13.7 Å². The molecular formula is C14H13N3O6S. The maximum absolute atomic E-state index is 12.0. The molecule has 0 aliphatic heterocycles. The Morgan fingerprint density at radius 1 is 1.38 bits per heavy atom. The number of carbonyl (C=O) groups is 1. The number of nitriles is 1. The number of methoxy groups -OCH3 is 2. The fourth-order valence-electron chi connectivity index (χ4n) is 2.13. The third-order valence-corrected chi connectivity index (χ3v) is 4.13. The molecule has 9 nitrogen and oxygen atoms in total. The number of aromatic nitrogens is 1. The van der Waals surface area contributed by atoms with Gasteiger partial charge in [-0.25, -0.2) is 4.79 Å². The molecular weight excluding hydrogens is 338 g/mol. The van der Waals surface area contributed by atoms with Gasteiger partial charge < -0.3 is 19.8 Å². The highest BCUT2D eigenvalue weighted by Gasteiger charge is 2.26. The number of hydrogen-bond acceptors (Lipinski definition) is 7. The zero-order valence-electron chi connectivity index (χ0n) is 12.7. The molecule has 10 heteroatoms. The lowest BCUT2D eigenvalue weighted by Gasteiger charge is -2.13. The highest BCUT2D eigenvalue weighted by atomic mass is 32.2. The molecule has 0 aliphatic carbocycles. The Bertz CT molecular complexity index is 956. The molecule has 0 spiro atoms. The molecule has 2 aromatic rings. The second-order valence-corrected chi connectivity index (χ2v) is 5.98. The van der Waals surface area contributed by atoms with Gasteiger partial charge in [0.2, 0.25) is 0 Å². The first-order valence-corrected chi connectivity index (χ1v) is 7.83. The third kappa shape index (κ3) is 2.90. The number of carbonyl (C=O) groups excluding carboxylic acids is 1. The number of nitrogen functional groups attached to an aromatic ring is 1. The Morgan fingerprint density at radius 2 is 2.04 bits per heavy atom. The Morgan fingerprint density at radius 3 is 2.54 bits per heavy atom. The minimum atomic E-state index is -4.65. The van der Waals surface area contributed by atoms with Crippen molar-refractivity contribution in [2.24, 2.45) is 0 Å². The normalized spacial score (nSPS) is 10.9. The van der Waals surface area contributed by atoms with Crippen molar-refractivity contribution in [3.05, 3.63) is 35.7 Å². The summed E-state index contributed by atoms with van der Waals surface area (Å²) in [5.41, 5.74) is 5.23. The molecule has 24 heavy (non-hydrogen) atoms. The molecule has 3 N–H and O–H groups in total. The van der Waals surface area contributed by atoms with E-state index in [1.165, 1.54) is 25.4 Å². The first-order chi connectivity index (χ1) is 11.2. The van der Waals surface area contributed by atoms with Crippen LogP contribution in [0.2, 0.25) is 0 Å². The summed E-state index contributed by atoms with van der Waals surface area (Å²) in [5.74, 6) is -0.697. The first kappa shape index (κ1) is 17.3. The summed E-state index contributed by atoms with van der Waals surface area (Å²) in [5, 5.41) is 9.09. The van der Waals surface area contributed by atoms with Crippen LogP contribution in [0.4, 0.5) is 5.69 Å². The summed E-state index contributed by atoms with van der Waals surface area (Å²) in [7, 11) is -2.21. The van der Waals surface area contributed by atoms with E-state index < -0.39 is 21.0 Å². The zero-order valence-corrected chi connectivity index (χ0v) is 13.5.